The van der Waals surface area contributed by atoms with E-state index in [1.54, 1.807) is 0 Å². The summed E-state index contributed by atoms with van der Waals surface area (Å²) in [6, 6.07) is 85.6. The fourth-order valence-corrected chi connectivity index (χ4v) is 12.2. The van der Waals surface area contributed by atoms with Gasteiger partial charge in [-0.2, -0.15) is 0 Å². The monoisotopic (exact) mass is 872 g/mol. The summed E-state index contributed by atoms with van der Waals surface area (Å²) in [6.45, 7) is 4.74. The Kier molecular flexibility index (Phi) is 9.44. The zero-order valence-electron chi connectivity index (χ0n) is 37.4. The second-order valence-electron chi connectivity index (χ2n) is 18.2. The molecule has 3 heterocycles. The summed E-state index contributed by atoms with van der Waals surface area (Å²) in [5.74, 6) is 0.351. The molecule has 13 rings (SSSR count). The van der Waals surface area contributed by atoms with E-state index in [0.29, 0.717) is 5.92 Å². The third-order valence-corrected chi connectivity index (χ3v) is 15.2. The van der Waals surface area contributed by atoms with E-state index in [1.807, 2.05) is 11.8 Å². The molecule has 2 aromatic heterocycles. The van der Waals surface area contributed by atoms with E-state index >= 15 is 0 Å². The fourth-order valence-electron chi connectivity index (χ4n) is 11.0. The van der Waals surface area contributed by atoms with Crippen LogP contribution in [0.25, 0.3) is 88.4 Å². The first-order valence-corrected chi connectivity index (χ1v) is 24.2. The standard InChI is InChI=1S/C63H45BN2S/c1-41(2)49-26-17-27-50(44-22-11-5-12-23-44)61(49)64-55-28-15-16-29-59(55)67-60-40-48(32-35-56(60)64)66-58-37-31-46(43-20-9-4-10-21-43)39-54(58)52-34-33-51-53-38-45(42-18-7-3-8-19-42)30-36-57(53)65(62(51)63(52)66)47-24-13-6-14-25-47/h3-41H,1-2H3. The van der Waals surface area contributed by atoms with Gasteiger partial charge in [0.15, 0.2) is 0 Å². The first-order valence-electron chi connectivity index (χ1n) is 23.4. The molecule has 0 saturated carbocycles. The van der Waals surface area contributed by atoms with E-state index in [0.717, 1.165) is 11.4 Å². The number of fused-ring (bicyclic) bond motifs is 9. The lowest BCUT2D eigenvalue weighted by Gasteiger charge is -2.30. The molecule has 0 amide bonds. The van der Waals surface area contributed by atoms with Crippen molar-refractivity contribution in [1.29, 1.82) is 0 Å². The summed E-state index contributed by atoms with van der Waals surface area (Å²) in [6.07, 6.45) is 0. The highest BCUT2D eigenvalue weighted by Gasteiger charge is 2.35. The summed E-state index contributed by atoms with van der Waals surface area (Å²) in [5.41, 5.74) is 20.0. The molecule has 10 aromatic carbocycles. The Labute approximate surface area is 395 Å². The molecule has 0 spiro atoms. The molecule has 0 radical (unpaired) electrons. The third kappa shape index (κ3) is 6.42. The van der Waals surface area contributed by atoms with Gasteiger partial charge in [-0.1, -0.05) is 218 Å². The van der Waals surface area contributed by atoms with Gasteiger partial charge in [-0.15, -0.1) is 0 Å². The Morgan fingerprint density at radius 1 is 0.373 bits per heavy atom. The molecule has 4 heteroatoms. The van der Waals surface area contributed by atoms with Gasteiger partial charge in [0.05, 0.1) is 22.1 Å². The minimum atomic E-state index is 0.0630. The van der Waals surface area contributed by atoms with Gasteiger partial charge >= 0.3 is 0 Å². The van der Waals surface area contributed by atoms with Crippen LogP contribution in [0.3, 0.4) is 0 Å². The van der Waals surface area contributed by atoms with E-state index < -0.39 is 0 Å². The summed E-state index contributed by atoms with van der Waals surface area (Å²) < 4.78 is 5.06. The number of hydrogen-bond donors (Lipinski definition) is 0. The van der Waals surface area contributed by atoms with E-state index in [-0.39, 0.29) is 6.71 Å². The van der Waals surface area contributed by atoms with E-state index in [4.69, 9.17) is 0 Å². The van der Waals surface area contributed by atoms with Crippen LogP contribution in [0.5, 0.6) is 0 Å². The van der Waals surface area contributed by atoms with Crippen LogP contribution in [-0.4, -0.2) is 15.8 Å². The molecule has 316 valence electrons. The maximum Gasteiger partial charge on any atom is 0.245 e. The van der Waals surface area contributed by atoms with Gasteiger partial charge in [0.2, 0.25) is 6.71 Å². The third-order valence-electron chi connectivity index (χ3n) is 14.0. The summed E-state index contributed by atoms with van der Waals surface area (Å²) >= 11 is 1.91. The molecule has 0 unspecified atom stereocenters. The first kappa shape index (κ1) is 39.6. The Balaban J connectivity index is 1.11. The number of nitrogens with zero attached hydrogens (tertiary/aromatic N) is 2. The Morgan fingerprint density at radius 3 is 1.49 bits per heavy atom. The average Bonchev–Trinajstić information content (AvgIpc) is 3.91. The Bertz CT molecular complexity index is 3850. The molecular formula is C63H45BN2S. The van der Waals surface area contributed by atoms with E-state index in [9.17, 15) is 0 Å². The maximum atomic E-state index is 2.56. The number of hydrogen-bond acceptors (Lipinski definition) is 1. The summed E-state index contributed by atoms with van der Waals surface area (Å²) in [7, 11) is 0. The molecule has 0 atom stereocenters. The van der Waals surface area contributed by atoms with Crippen molar-refractivity contribution in [2.24, 2.45) is 0 Å². The molecule has 2 nitrogen and oxygen atoms in total. The lowest BCUT2D eigenvalue weighted by atomic mass is 9.34. The predicted molar refractivity (Wildman–Crippen MR) is 287 cm³/mol. The van der Waals surface area contributed by atoms with Crippen molar-refractivity contribution < 1.29 is 0 Å². The van der Waals surface area contributed by atoms with Gasteiger partial charge < -0.3 is 9.13 Å². The highest BCUT2D eigenvalue weighted by Crippen LogP contribution is 2.44. The number of benzene rings is 10. The van der Waals surface area contributed by atoms with Crippen molar-refractivity contribution in [1.82, 2.24) is 9.13 Å². The molecule has 0 fully saturated rings. The van der Waals surface area contributed by atoms with Gasteiger partial charge in [0.25, 0.3) is 0 Å². The minimum Gasteiger partial charge on any atom is -0.307 e. The van der Waals surface area contributed by atoms with Gasteiger partial charge in [-0.3, -0.25) is 0 Å². The van der Waals surface area contributed by atoms with Gasteiger partial charge in [-0.25, -0.2) is 0 Å². The normalized spacial score (nSPS) is 12.4. The molecule has 67 heavy (non-hydrogen) atoms. The Hall–Kier alpha value is -7.79. The Morgan fingerprint density at radius 2 is 0.896 bits per heavy atom. The zero-order chi connectivity index (χ0) is 44.6. The van der Waals surface area contributed by atoms with Crippen molar-refractivity contribution in [3.05, 3.63) is 236 Å². The summed E-state index contributed by atoms with van der Waals surface area (Å²) in [5, 5.41) is 4.94. The molecule has 12 aromatic rings. The number of aromatic nitrogens is 2. The van der Waals surface area contributed by atoms with Crippen LogP contribution in [0.4, 0.5) is 0 Å². The zero-order valence-corrected chi connectivity index (χ0v) is 38.2. The highest BCUT2D eigenvalue weighted by molar-refractivity contribution is 8.00. The van der Waals surface area contributed by atoms with Crippen molar-refractivity contribution in [3.8, 4) is 44.8 Å². The highest BCUT2D eigenvalue weighted by atomic mass is 32.2. The molecular weight excluding hydrogens is 828 g/mol. The largest absolute Gasteiger partial charge is 0.307 e. The van der Waals surface area contributed by atoms with Crippen molar-refractivity contribution in [3.63, 3.8) is 0 Å². The SMILES string of the molecule is CC(C)c1cccc(-c2ccccc2)c1B1c2ccccc2Sc2cc(-n3c4ccc(-c5ccccc5)cc4c4ccc5c6cc(-c7ccccc7)ccc6n(-c6ccccc6)c5c43)ccc21. The van der Waals surface area contributed by atoms with Crippen LogP contribution in [0.15, 0.2) is 240 Å². The van der Waals surface area contributed by atoms with Crippen LogP contribution < -0.4 is 16.4 Å². The quantitative estimate of drug-likeness (QED) is 0.145. The topological polar surface area (TPSA) is 9.86 Å². The van der Waals surface area contributed by atoms with Gasteiger partial charge in [-0.05, 0) is 99.5 Å². The molecule has 0 N–H and O–H groups in total. The van der Waals surface area contributed by atoms with E-state index in [1.165, 1.54) is 109 Å². The van der Waals surface area contributed by atoms with Crippen LogP contribution in [0, 0.1) is 0 Å². The number of para-hydroxylation sites is 1. The predicted octanol–water partition coefficient (Wildman–Crippen LogP) is 15.0. The van der Waals surface area contributed by atoms with Crippen LogP contribution in [-0.2, 0) is 0 Å². The minimum absolute atomic E-state index is 0.0630. The fraction of sp³-hybridized carbons (Fsp3) is 0.0476. The van der Waals surface area contributed by atoms with Crippen LogP contribution in [0.1, 0.15) is 25.3 Å². The molecule has 1 aliphatic rings. The molecule has 0 bridgehead atoms. The second kappa shape index (κ2) is 16.0. The molecule has 0 aliphatic carbocycles. The smallest absolute Gasteiger partial charge is 0.245 e. The van der Waals surface area contributed by atoms with E-state index in [2.05, 4.69) is 254 Å². The van der Waals surface area contributed by atoms with Crippen molar-refractivity contribution in [2.45, 2.75) is 29.6 Å². The lowest BCUT2D eigenvalue weighted by molar-refractivity contribution is 0.873. The van der Waals surface area contributed by atoms with Gasteiger partial charge in [0.1, 0.15) is 0 Å². The summed E-state index contributed by atoms with van der Waals surface area (Å²) in [4.78, 5) is 2.60. The lowest BCUT2D eigenvalue weighted by Crippen LogP contribution is -2.57. The maximum absolute atomic E-state index is 2.56. The number of rotatable bonds is 7. The second-order valence-corrected chi connectivity index (χ2v) is 19.3. The first-order chi connectivity index (χ1) is 33.1. The molecule has 1 aliphatic heterocycles. The molecule has 0 saturated heterocycles. The average molecular weight is 873 g/mol. The van der Waals surface area contributed by atoms with Gasteiger partial charge in [0, 0.05) is 42.7 Å². The van der Waals surface area contributed by atoms with Crippen molar-refractivity contribution >= 4 is 78.5 Å². The van der Waals surface area contributed by atoms with Crippen LogP contribution >= 0.6 is 11.8 Å². The van der Waals surface area contributed by atoms with Crippen molar-refractivity contribution in [2.75, 3.05) is 0 Å². The van der Waals surface area contributed by atoms with Crippen LogP contribution in [0.2, 0.25) is 0 Å².